The minimum atomic E-state index is 0.475. The molecular formula is C17H23N3O. The van der Waals surface area contributed by atoms with Crippen molar-refractivity contribution in [3.63, 3.8) is 0 Å². The molecular weight excluding hydrogens is 262 g/mol. The first-order valence-electron chi connectivity index (χ1n) is 7.65. The van der Waals surface area contributed by atoms with Gasteiger partial charge in [0.2, 0.25) is 0 Å². The third-order valence-electron chi connectivity index (χ3n) is 4.24. The Labute approximate surface area is 125 Å². The largest absolute Gasteiger partial charge is 0.381 e. The summed E-state index contributed by atoms with van der Waals surface area (Å²) >= 11 is 0. The highest BCUT2D eigenvalue weighted by molar-refractivity contribution is 5.91. The molecule has 4 heteroatoms. The molecule has 1 aromatic heterocycles. The highest BCUT2D eigenvalue weighted by Gasteiger charge is 2.17. The average Bonchev–Trinajstić information content (AvgIpc) is 2.54. The maximum atomic E-state index is 5.80. The van der Waals surface area contributed by atoms with E-state index in [1.54, 1.807) is 0 Å². The fraction of sp³-hybridized carbons (Fsp3) is 0.471. The molecule has 0 aliphatic carbocycles. The van der Waals surface area contributed by atoms with E-state index in [1.165, 1.54) is 11.1 Å². The number of ether oxygens (including phenoxy) is 1. The number of rotatable bonds is 4. The van der Waals surface area contributed by atoms with Gasteiger partial charge in [0.05, 0.1) is 11.2 Å². The van der Waals surface area contributed by atoms with Crippen LogP contribution in [0, 0.1) is 5.92 Å². The van der Waals surface area contributed by atoms with Crippen molar-refractivity contribution < 1.29 is 4.74 Å². The fourth-order valence-electron chi connectivity index (χ4n) is 3.05. The molecule has 0 unspecified atom stereocenters. The molecule has 0 bridgehead atoms. The number of nitrogens with zero attached hydrogens (tertiary/aromatic N) is 2. The second-order valence-corrected chi connectivity index (χ2v) is 5.79. The number of anilines is 1. The first-order valence-corrected chi connectivity index (χ1v) is 7.65. The van der Waals surface area contributed by atoms with Crippen LogP contribution in [0.4, 0.5) is 5.69 Å². The van der Waals surface area contributed by atoms with Crippen molar-refractivity contribution in [3.05, 3.63) is 36.0 Å². The van der Waals surface area contributed by atoms with Gasteiger partial charge in [0, 0.05) is 44.4 Å². The SMILES string of the molecule is CN(CC1CCOCC1)c1cc(CN)nc2ccccc12. The summed E-state index contributed by atoms with van der Waals surface area (Å²) in [6.07, 6.45) is 2.30. The molecule has 0 amide bonds. The molecule has 4 nitrogen and oxygen atoms in total. The molecule has 1 aliphatic rings. The first-order chi connectivity index (χ1) is 10.3. The van der Waals surface area contributed by atoms with Crippen molar-refractivity contribution in [2.24, 2.45) is 11.7 Å². The van der Waals surface area contributed by atoms with Crippen LogP contribution in [0.1, 0.15) is 18.5 Å². The molecule has 21 heavy (non-hydrogen) atoms. The van der Waals surface area contributed by atoms with Crippen LogP contribution in [0.2, 0.25) is 0 Å². The van der Waals surface area contributed by atoms with Crippen LogP contribution in [0.5, 0.6) is 0 Å². The van der Waals surface area contributed by atoms with E-state index in [2.05, 4.69) is 41.2 Å². The molecule has 0 atom stereocenters. The number of pyridine rings is 1. The van der Waals surface area contributed by atoms with E-state index in [9.17, 15) is 0 Å². The standard InChI is InChI=1S/C17H23N3O/c1-20(12-13-6-8-21-9-7-13)17-10-14(11-18)19-16-5-3-2-4-15(16)17/h2-5,10,13H,6-9,11-12,18H2,1H3. The number of aromatic nitrogens is 1. The zero-order valence-corrected chi connectivity index (χ0v) is 12.6. The van der Waals surface area contributed by atoms with Gasteiger partial charge in [-0.2, -0.15) is 0 Å². The first kappa shape index (κ1) is 14.3. The Bertz CT molecular complexity index is 608. The third kappa shape index (κ3) is 3.17. The lowest BCUT2D eigenvalue weighted by Crippen LogP contribution is -2.29. The lowest BCUT2D eigenvalue weighted by Gasteiger charge is -2.29. The van der Waals surface area contributed by atoms with E-state index < -0.39 is 0 Å². The van der Waals surface area contributed by atoms with Crippen molar-refractivity contribution in [1.29, 1.82) is 0 Å². The molecule has 1 saturated heterocycles. The summed E-state index contributed by atoms with van der Waals surface area (Å²) < 4.78 is 5.45. The van der Waals surface area contributed by atoms with Crippen LogP contribution < -0.4 is 10.6 Å². The predicted octanol–water partition coefficient (Wildman–Crippen LogP) is 2.56. The summed E-state index contributed by atoms with van der Waals surface area (Å²) in [5.74, 6) is 0.706. The maximum absolute atomic E-state index is 5.80. The molecule has 1 aromatic carbocycles. The summed E-state index contributed by atoms with van der Waals surface area (Å²) in [6.45, 7) is 3.32. The van der Waals surface area contributed by atoms with Crippen LogP contribution in [0.3, 0.4) is 0 Å². The number of hydrogen-bond donors (Lipinski definition) is 1. The van der Waals surface area contributed by atoms with Gasteiger partial charge in [0.25, 0.3) is 0 Å². The quantitative estimate of drug-likeness (QED) is 0.938. The molecule has 3 rings (SSSR count). The summed E-state index contributed by atoms with van der Waals surface area (Å²) in [4.78, 5) is 6.96. The molecule has 2 aromatic rings. The third-order valence-corrected chi connectivity index (χ3v) is 4.24. The van der Waals surface area contributed by atoms with E-state index in [-0.39, 0.29) is 0 Å². The Balaban J connectivity index is 1.90. The highest BCUT2D eigenvalue weighted by atomic mass is 16.5. The summed E-state index contributed by atoms with van der Waals surface area (Å²) in [5.41, 5.74) is 9.00. The molecule has 1 aliphatic heterocycles. The van der Waals surface area contributed by atoms with Crippen molar-refractivity contribution in [2.75, 3.05) is 31.7 Å². The van der Waals surface area contributed by atoms with E-state index in [0.717, 1.165) is 43.8 Å². The van der Waals surface area contributed by atoms with Gasteiger partial charge in [0.1, 0.15) is 0 Å². The van der Waals surface area contributed by atoms with Gasteiger partial charge in [-0.15, -0.1) is 0 Å². The minimum absolute atomic E-state index is 0.475. The lowest BCUT2D eigenvalue weighted by molar-refractivity contribution is 0.0685. The predicted molar refractivity (Wildman–Crippen MR) is 86.4 cm³/mol. The second-order valence-electron chi connectivity index (χ2n) is 5.79. The van der Waals surface area contributed by atoms with Gasteiger partial charge >= 0.3 is 0 Å². The zero-order valence-electron chi connectivity index (χ0n) is 12.6. The van der Waals surface area contributed by atoms with Crippen LogP contribution in [-0.4, -0.2) is 31.8 Å². The van der Waals surface area contributed by atoms with E-state index in [1.807, 2.05) is 6.07 Å². The maximum Gasteiger partial charge on any atom is 0.0726 e. The van der Waals surface area contributed by atoms with Crippen molar-refractivity contribution in [3.8, 4) is 0 Å². The molecule has 112 valence electrons. The van der Waals surface area contributed by atoms with Gasteiger partial charge in [0.15, 0.2) is 0 Å². The van der Waals surface area contributed by atoms with Gasteiger partial charge in [-0.1, -0.05) is 18.2 Å². The van der Waals surface area contributed by atoms with E-state index in [0.29, 0.717) is 12.5 Å². The monoisotopic (exact) mass is 285 g/mol. The van der Waals surface area contributed by atoms with Crippen LogP contribution in [0.15, 0.2) is 30.3 Å². The summed E-state index contributed by atoms with van der Waals surface area (Å²) in [7, 11) is 2.16. The minimum Gasteiger partial charge on any atom is -0.381 e. The zero-order chi connectivity index (χ0) is 14.7. The molecule has 0 saturated carbocycles. The Kier molecular flexibility index (Phi) is 4.36. The summed E-state index contributed by atoms with van der Waals surface area (Å²) in [6, 6.07) is 10.4. The van der Waals surface area contributed by atoms with Crippen LogP contribution in [0.25, 0.3) is 10.9 Å². The Morgan fingerprint density at radius 2 is 2.05 bits per heavy atom. The fourth-order valence-corrected chi connectivity index (χ4v) is 3.05. The Morgan fingerprint density at radius 3 is 2.81 bits per heavy atom. The van der Waals surface area contributed by atoms with E-state index >= 15 is 0 Å². The number of hydrogen-bond acceptors (Lipinski definition) is 4. The van der Waals surface area contributed by atoms with Gasteiger partial charge in [-0.3, -0.25) is 4.98 Å². The molecule has 2 N–H and O–H groups in total. The Hall–Kier alpha value is -1.65. The highest BCUT2D eigenvalue weighted by Crippen LogP contribution is 2.27. The van der Waals surface area contributed by atoms with Crippen LogP contribution >= 0.6 is 0 Å². The molecule has 1 fully saturated rings. The number of benzene rings is 1. The van der Waals surface area contributed by atoms with E-state index in [4.69, 9.17) is 10.5 Å². The number of fused-ring (bicyclic) bond motifs is 1. The Morgan fingerprint density at radius 1 is 1.29 bits per heavy atom. The van der Waals surface area contributed by atoms with Crippen molar-refractivity contribution >= 4 is 16.6 Å². The van der Waals surface area contributed by atoms with Gasteiger partial charge in [-0.25, -0.2) is 0 Å². The number of para-hydroxylation sites is 1. The topological polar surface area (TPSA) is 51.4 Å². The van der Waals surface area contributed by atoms with Crippen molar-refractivity contribution in [1.82, 2.24) is 4.98 Å². The van der Waals surface area contributed by atoms with Gasteiger partial charge in [-0.05, 0) is 30.9 Å². The lowest BCUT2D eigenvalue weighted by atomic mass is 9.99. The van der Waals surface area contributed by atoms with Crippen molar-refractivity contribution in [2.45, 2.75) is 19.4 Å². The number of nitrogens with two attached hydrogens (primary N) is 1. The van der Waals surface area contributed by atoms with Crippen LogP contribution in [-0.2, 0) is 11.3 Å². The molecule has 0 radical (unpaired) electrons. The summed E-state index contributed by atoms with van der Waals surface area (Å²) in [5, 5.41) is 1.20. The normalized spacial score (nSPS) is 16.3. The second kappa shape index (κ2) is 6.41. The molecule has 2 heterocycles. The smallest absolute Gasteiger partial charge is 0.0726 e. The van der Waals surface area contributed by atoms with Gasteiger partial charge < -0.3 is 15.4 Å². The molecule has 0 spiro atoms. The average molecular weight is 285 g/mol.